The number of likely N-dealkylation sites (tertiary alicyclic amines) is 1. The van der Waals surface area contributed by atoms with E-state index in [1.54, 1.807) is 0 Å². The van der Waals surface area contributed by atoms with Gasteiger partial charge in [0.15, 0.2) is 5.82 Å². The largest absolute Gasteiger partial charge is 0.338 e. The van der Waals surface area contributed by atoms with Crippen LogP contribution in [0.25, 0.3) is 0 Å². The molecule has 8 nitrogen and oxygen atoms in total. The molecular formula is C16H28N6O2. The zero-order valence-electron chi connectivity index (χ0n) is 14.2. The third kappa shape index (κ3) is 4.91. The van der Waals surface area contributed by atoms with Crippen molar-refractivity contribution in [2.45, 2.75) is 70.1 Å². The first kappa shape index (κ1) is 17.2. The number of amides is 2. The Bertz CT molecular complexity index is 520. The summed E-state index contributed by atoms with van der Waals surface area (Å²) in [4.78, 5) is 18.6. The van der Waals surface area contributed by atoms with E-state index in [1.165, 1.54) is 19.3 Å². The summed E-state index contributed by atoms with van der Waals surface area (Å²) in [6.07, 6.45) is 7.87. The van der Waals surface area contributed by atoms with Crippen LogP contribution in [0.3, 0.4) is 0 Å². The van der Waals surface area contributed by atoms with Gasteiger partial charge in [-0.3, -0.25) is 4.90 Å². The number of rotatable bonds is 5. The number of nitrogens with one attached hydrogen (secondary N) is 2. The molecule has 2 aliphatic rings. The molecule has 1 aromatic rings. The van der Waals surface area contributed by atoms with E-state index in [9.17, 15) is 4.79 Å². The molecule has 2 fully saturated rings. The fourth-order valence-electron chi connectivity index (χ4n) is 3.53. The minimum absolute atomic E-state index is 0.00824. The van der Waals surface area contributed by atoms with E-state index in [-0.39, 0.29) is 18.6 Å². The number of hydrogen-bond acceptors (Lipinski definition) is 6. The summed E-state index contributed by atoms with van der Waals surface area (Å²) in [5.41, 5.74) is 5.47. The van der Waals surface area contributed by atoms with Crippen LogP contribution in [-0.4, -0.2) is 46.2 Å². The molecule has 3 rings (SSSR count). The molecule has 0 bridgehead atoms. The maximum atomic E-state index is 12.1. The molecule has 0 spiro atoms. The topological polar surface area (TPSA) is 109 Å². The smallest absolute Gasteiger partial charge is 0.315 e. The summed E-state index contributed by atoms with van der Waals surface area (Å²) in [5, 5.41) is 10.2. The standard InChI is InChI=1S/C16H28N6O2/c17-10-15-20-14(21-24-15)11-22-8-6-13(7-9-22)19-16(23)18-12-4-2-1-3-5-12/h12-13H,1-11,17H2,(H2,18,19,23). The maximum absolute atomic E-state index is 12.1. The number of nitrogens with two attached hydrogens (primary N) is 1. The van der Waals surface area contributed by atoms with Crippen molar-refractivity contribution >= 4 is 6.03 Å². The summed E-state index contributed by atoms with van der Waals surface area (Å²) in [6, 6.07) is 0.592. The summed E-state index contributed by atoms with van der Waals surface area (Å²) in [6.45, 7) is 2.78. The molecule has 8 heteroatoms. The van der Waals surface area contributed by atoms with E-state index < -0.39 is 0 Å². The molecule has 0 unspecified atom stereocenters. The second-order valence-electron chi connectivity index (χ2n) is 6.81. The van der Waals surface area contributed by atoms with E-state index in [4.69, 9.17) is 10.3 Å². The molecule has 2 amide bonds. The molecule has 1 aliphatic carbocycles. The minimum atomic E-state index is -0.00824. The predicted molar refractivity (Wildman–Crippen MR) is 89.0 cm³/mol. The summed E-state index contributed by atoms with van der Waals surface area (Å²) in [5.74, 6) is 1.15. The number of nitrogens with zero attached hydrogens (tertiary/aromatic N) is 3. The van der Waals surface area contributed by atoms with Crippen molar-refractivity contribution in [1.82, 2.24) is 25.7 Å². The average Bonchev–Trinajstić information content (AvgIpc) is 3.05. The molecule has 4 N–H and O–H groups in total. The van der Waals surface area contributed by atoms with Crippen molar-refractivity contribution < 1.29 is 9.32 Å². The van der Waals surface area contributed by atoms with Gasteiger partial charge < -0.3 is 20.9 Å². The first-order chi connectivity index (χ1) is 11.7. The SMILES string of the molecule is NCc1nc(CN2CCC(NC(=O)NC3CCCCC3)CC2)no1. The lowest BCUT2D eigenvalue weighted by Gasteiger charge is -2.32. The Morgan fingerprint density at radius 1 is 1.12 bits per heavy atom. The van der Waals surface area contributed by atoms with E-state index in [2.05, 4.69) is 25.7 Å². The van der Waals surface area contributed by atoms with Crippen molar-refractivity contribution in [2.75, 3.05) is 13.1 Å². The maximum Gasteiger partial charge on any atom is 0.315 e. The van der Waals surface area contributed by atoms with E-state index in [1.807, 2.05) is 0 Å². The zero-order valence-corrected chi connectivity index (χ0v) is 14.2. The van der Waals surface area contributed by atoms with Gasteiger partial charge in [-0.15, -0.1) is 0 Å². The van der Waals surface area contributed by atoms with Gasteiger partial charge in [-0.1, -0.05) is 24.4 Å². The van der Waals surface area contributed by atoms with Gasteiger partial charge in [0.2, 0.25) is 5.89 Å². The second kappa shape index (κ2) is 8.43. The van der Waals surface area contributed by atoms with Crippen LogP contribution in [-0.2, 0) is 13.1 Å². The quantitative estimate of drug-likeness (QED) is 0.743. The highest BCUT2D eigenvalue weighted by Gasteiger charge is 2.23. The second-order valence-corrected chi connectivity index (χ2v) is 6.81. The van der Waals surface area contributed by atoms with Crippen LogP contribution in [0, 0.1) is 0 Å². The van der Waals surface area contributed by atoms with Crippen LogP contribution >= 0.6 is 0 Å². The van der Waals surface area contributed by atoms with Crippen LogP contribution in [0.4, 0.5) is 4.79 Å². The van der Waals surface area contributed by atoms with Gasteiger partial charge in [-0.25, -0.2) is 4.79 Å². The normalized spacial score (nSPS) is 20.9. The van der Waals surface area contributed by atoms with Crippen molar-refractivity contribution in [2.24, 2.45) is 5.73 Å². The van der Waals surface area contributed by atoms with E-state index >= 15 is 0 Å². The fourth-order valence-corrected chi connectivity index (χ4v) is 3.53. The minimum Gasteiger partial charge on any atom is -0.338 e. The van der Waals surface area contributed by atoms with Gasteiger partial charge in [0.25, 0.3) is 0 Å². The number of urea groups is 1. The Labute approximate surface area is 142 Å². The van der Waals surface area contributed by atoms with Gasteiger partial charge >= 0.3 is 6.03 Å². The van der Waals surface area contributed by atoms with E-state index in [0.29, 0.717) is 24.3 Å². The third-order valence-electron chi connectivity index (χ3n) is 4.91. The van der Waals surface area contributed by atoms with Gasteiger partial charge in [0.1, 0.15) is 0 Å². The van der Waals surface area contributed by atoms with Crippen LogP contribution in [0.1, 0.15) is 56.7 Å². The fraction of sp³-hybridized carbons (Fsp3) is 0.812. The van der Waals surface area contributed by atoms with Crippen LogP contribution in [0.15, 0.2) is 4.52 Å². The summed E-state index contributed by atoms with van der Waals surface area (Å²) >= 11 is 0. The molecule has 2 heterocycles. The van der Waals surface area contributed by atoms with Crippen molar-refractivity contribution in [3.8, 4) is 0 Å². The van der Waals surface area contributed by atoms with Crippen LogP contribution in [0.2, 0.25) is 0 Å². The first-order valence-electron chi connectivity index (χ1n) is 9.04. The molecular weight excluding hydrogens is 308 g/mol. The highest BCUT2D eigenvalue weighted by Crippen LogP contribution is 2.17. The number of piperidine rings is 1. The van der Waals surface area contributed by atoms with Crippen molar-refractivity contribution in [1.29, 1.82) is 0 Å². The predicted octanol–water partition coefficient (Wildman–Crippen LogP) is 1.12. The molecule has 1 aromatic heterocycles. The number of hydrogen-bond donors (Lipinski definition) is 3. The monoisotopic (exact) mass is 336 g/mol. The van der Waals surface area contributed by atoms with Gasteiger partial charge in [-0.2, -0.15) is 4.98 Å². The molecule has 1 aliphatic heterocycles. The Balaban J connectivity index is 1.36. The molecule has 1 saturated carbocycles. The molecule has 0 atom stereocenters. The van der Waals surface area contributed by atoms with E-state index in [0.717, 1.165) is 38.8 Å². The van der Waals surface area contributed by atoms with Crippen LogP contribution in [0.5, 0.6) is 0 Å². The van der Waals surface area contributed by atoms with Gasteiger partial charge in [-0.05, 0) is 25.7 Å². The Kier molecular flexibility index (Phi) is 6.03. The average molecular weight is 336 g/mol. The lowest BCUT2D eigenvalue weighted by molar-refractivity contribution is 0.180. The molecule has 134 valence electrons. The lowest BCUT2D eigenvalue weighted by atomic mass is 9.96. The van der Waals surface area contributed by atoms with Crippen LogP contribution < -0.4 is 16.4 Å². The van der Waals surface area contributed by atoms with Gasteiger partial charge in [0.05, 0.1) is 13.1 Å². The number of carbonyl (C=O) groups excluding carboxylic acids is 1. The van der Waals surface area contributed by atoms with Gasteiger partial charge in [0, 0.05) is 25.2 Å². The first-order valence-corrected chi connectivity index (χ1v) is 9.04. The molecule has 0 aromatic carbocycles. The highest BCUT2D eigenvalue weighted by atomic mass is 16.5. The highest BCUT2D eigenvalue weighted by molar-refractivity contribution is 5.74. The Morgan fingerprint density at radius 3 is 2.42 bits per heavy atom. The Hall–Kier alpha value is -1.67. The molecule has 24 heavy (non-hydrogen) atoms. The zero-order chi connectivity index (χ0) is 16.8. The lowest BCUT2D eigenvalue weighted by Crippen LogP contribution is -2.50. The number of carbonyl (C=O) groups is 1. The van der Waals surface area contributed by atoms with Crippen molar-refractivity contribution in [3.63, 3.8) is 0 Å². The summed E-state index contributed by atoms with van der Waals surface area (Å²) in [7, 11) is 0. The Morgan fingerprint density at radius 2 is 1.79 bits per heavy atom. The molecule has 1 saturated heterocycles. The number of aromatic nitrogens is 2. The van der Waals surface area contributed by atoms with Crippen molar-refractivity contribution in [3.05, 3.63) is 11.7 Å². The summed E-state index contributed by atoms with van der Waals surface area (Å²) < 4.78 is 5.02. The molecule has 0 radical (unpaired) electrons. The third-order valence-corrected chi connectivity index (χ3v) is 4.91.